The summed E-state index contributed by atoms with van der Waals surface area (Å²) >= 11 is 0. The third kappa shape index (κ3) is 1.85. The molecule has 0 saturated heterocycles. The van der Waals surface area contributed by atoms with Gasteiger partial charge in [-0.05, 0) is 26.0 Å². The summed E-state index contributed by atoms with van der Waals surface area (Å²) in [6.45, 7) is 3.87. The predicted octanol–water partition coefficient (Wildman–Crippen LogP) is -1.24. The van der Waals surface area contributed by atoms with Crippen LogP contribution in [0.1, 0.15) is 19.9 Å². The summed E-state index contributed by atoms with van der Waals surface area (Å²) in [5.41, 5.74) is 7.52. The molecule has 0 spiro atoms. The number of aromatic nitrogens is 1. The smallest absolute Gasteiger partial charge is 0.420 e. The van der Waals surface area contributed by atoms with Gasteiger partial charge in [0, 0.05) is 17.8 Å². The van der Waals surface area contributed by atoms with Gasteiger partial charge in [0.25, 0.3) is 0 Å². The molecule has 2 aromatic rings. The second-order valence-electron chi connectivity index (χ2n) is 3.56. The molecule has 82 valence electrons. The minimum atomic E-state index is -0.333. The molecule has 0 radical (unpaired) electrons. The molecule has 0 atom stereocenters. The van der Waals surface area contributed by atoms with E-state index in [1.807, 2.05) is 13.8 Å². The highest BCUT2D eigenvalue weighted by molar-refractivity contribution is 5.76. The van der Waals surface area contributed by atoms with Crippen molar-refractivity contribution in [3.05, 3.63) is 28.7 Å². The summed E-state index contributed by atoms with van der Waals surface area (Å²) in [7, 11) is 0. The first-order chi connectivity index (χ1) is 6.59. The first-order valence-corrected chi connectivity index (χ1v) is 4.50. The van der Waals surface area contributed by atoms with Crippen LogP contribution in [0.5, 0.6) is 0 Å². The van der Waals surface area contributed by atoms with Crippen molar-refractivity contribution in [3.8, 4) is 0 Å². The van der Waals surface area contributed by atoms with Crippen LogP contribution in [0.2, 0.25) is 0 Å². The molecule has 1 aromatic carbocycles. The zero-order chi connectivity index (χ0) is 10.3. The van der Waals surface area contributed by atoms with Crippen LogP contribution in [-0.4, -0.2) is 4.57 Å². The Kier molecular flexibility index (Phi) is 3.09. The van der Waals surface area contributed by atoms with Gasteiger partial charge in [-0.2, -0.15) is 0 Å². The maximum Gasteiger partial charge on any atom is 0.420 e. The largest absolute Gasteiger partial charge is 1.00 e. The van der Waals surface area contributed by atoms with Crippen molar-refractivity contribution in [2.75, 3.05) is 5.73 Å². The Balaban J connectivity index is 0.00000112. The lowest BCUT2D eigenvalue weighted by Crippen LogP contribution is -3.00. The molecule has 0 saturated carbocycles. The lowest BCUT2D eigenvalue weighted by atomic mass is 10.2. The first-order valence-electron chi connectivity index (χ1n) is 4.50. The van der Waals surface area contributed by atoms with Crippen LogP contribution in [0, 0.1) is 0 Å². The number of nitrogens with zero attached hydrogens (tertiary/aromatic N) is 1. The average Bonchev–Trinajstić information content (AvgIpc) is 2.39. The zero-order valence-corrected chi connectivity index (χ0v) is 9.28. The SMILES string of the molecule is CC(C)n1c(=O)oc2cc(N)ccc21.[Cl-]. The van der Waals surface area contributed by atoms with Crippen molar-refractivity contribution in [1.82, 2.24) is 4.57 Å². The summed E-state index contributed by atoms with van der Waals surface area (Å²) in [6.07, 6.45) is 0. The van der Waals surface area contributed by atoms with E-state index in [4.69, 9.17) is 10.2 Å². The molecular weight excluding hydrogens is 216 g/mol. The number of hydrogen-bond acceptors (Lipinski definition) is 3. The van der Waals surface area contributed by atoms with Crippen LogP contribution in [-0.2, 0) is 0 Å². The van der Waals surface area contributed by atoms with E-state index >= 15 is 0 Å². The van der Waals surface area contributed by atoms with Crippen LogP contribution in [0.4, 0.5) is 5.69 Å². The van der Waals surface area contributed by atoms with E-state index < -0.39 is 0 Å². The molecule has 0 fully saturated rings. The molecule has 0 aliphatic rings. The average molecular weight is 228 g/mol. The van der Waals surface area contributed by atoms with Gasteiger partial charge in [0.2, 0.25) is 0 Å². The summed E-state index contributed by atoms with van der Waals surface area (Å²) in [5, 5.41) is 0. The fraction of sp³-hybridized carbons (Fsp3) is 0.300. The molecule has 5 heteroatoms. The summed E-state index contributed by atoms with van der Waals surface area (Å²) in [5.74, 6) is -0.333. The highest BCUT2D eigenvalue weighted by atomic mass is 35.5. The van der Waals surface area contributed by atoms with Gasteiger partial charge < -0.3 is 22.6 Å². The van der Waals surface area contributed by atoms with Crippen molar-refractivity contribution < 1.29 is 16.8 Å². The summed E-state index contributed by atoms with van der Waals surface area (Å²) in [6, 6.07) is 5.31. The standard InChI is InChI=1S/C10H12N2O2.ClH/c1-6(2)12-8-4-3-7(11)5-9(8)14-10(12)13;/h3-6H,11H2,1-2H3;1H/p-1. The number of hydrogen-bond donors (Lipinski definition) is 1. The Labute approximate surface area is 93.1 Å². The third-order valence-electron chi connectivity index (χ3n) is 2.15. The highest BCUT2D eigenvalue weighted by Crippen LogP contribution is 2.18. The van der Waals surface area contributed by atoms with E-state index in [-0.39, 0.29) is 24.2 Å². The molecule has 0 unspecified atom stereocenters. The second-order valence-corrected chi connectivity index (χ2v) is 3.56. The fourth-order valence-electron chi connectivity index (χ4n) is 1.54. The van der Waals surface area contributed by atoms with Gasteiger partial charge in [-0.25, -0.2) is 4.79 Å². The van der Waals surface area contributed by atoms with Gasteiger partial charge in [-0.3, -0.25) is 4.57 Å². The van der Waals surface area contributed by atoms with Gasteiger partial charge in [0.15, 0.2) is 5.58 Å². The molecule has 0 aliphatic heterocycles. The number of nitrogen functional groups attached to an aromatic ring is 1. The van der Waals surface area contributed by atoms with E-state index in [1.54, 1.807) is 22.8 Å². The molecule has 1 aromatic heterocycles. The van der Waals surface area contributed by atoms with Gasteiger partial charge in [0.05, 0.1) is 5.52 Å². The molecular formula is C10H12ClN2O2-. The molecule has 1 heterocycles. The van der Waals surface area contributed by atoms with Crippen LogP contribution < -0.4 is 23.9 Å². The second kappa shape index (κ2) is 3.98. The molecule has 0 amide bonds. The van der Waals surface area contributed by atoms with E-state index in [0.29, 0.717) is 11.3 Å². The zero-order valence-electron chi connectivity index (χ0n) is 8.53. The Hall–Kier alpha value is -1.42. The molecule has 0 bridgehead atoms. The van der Waals surface area contributed by atoms with Crippen LogP contribution in [0.15, 0.2) is 27.4 Å². The van der Waals surface area contributed by atoms with E-state index in [2.05, 4.69) is 0 Å². The molecule has 15 heavy (non-hydrogen) atoms. The van der Waals surface area contributed by atoms with Crippen molar-refractivity contribution in [2.45, 2.75) is 19.9 Å². The lowest BCUT2D eigenvalue weighted by Gasteiger charge is -2.04. The summed E-state index contributed by atoms with van der Waals surface area (Å²) < 4.78 is 6.67. The predicted molar refractivity (Wildman–Crippen MR) is 55.3 cm³/mol. The number of halogens is 1. The lowest BCUT2D eigenvalue weighted by molar-refractivity contribution is -0.00000380. The highest BCUT2D eigenvalue weighted by Gasteiger charge is 2.11. The number of benzene rings is 1. The molecule has 4 nitrogen and oxygen atoms in total. The van der Waals surface area contributed by atoms with Gasteiger partial charge in [-0.15, -0.1) is 0 Å². The topological polar surface area (TPSA) is 61.2 Å². The quantitative estimate of drug-likeness (QED) is 0.620. The van der Waals surface area contributed by atoms with Gasteiger partial charge in [-0.1, -0.05) is 0 Å². The molecule has 2 N–H and O–H groups in total. The van der Waals surface area contributed by atoms with E-state index in [0.717, 1.165) is 5.52 Å². The van der Waals surface area contributed by atoms with Crippen molar-refractivity contribution in [3.63, 3.8) is 0 Å². The van der Waals surface area contributed by atoms with Gasteiger partial charge in [0.1, 0.15) is 0 Å². The monoisotopic (exact) mass is 227 g/mol. The number of oxazole rings is 1. The minimum absolute atomic E-state index is 0. The van der Waals surface area contributed by atoms with Crippen molar-refractivity contribution in [2.24, 2.45) is 0 Å². The number of rotatable bonds is 1. The maximum atomic E-state index is 11.4. The Morgan fingerprint density at radius 3 is 2.67 bits per heavy atom. The van der Waals surface area contributed by atoms with Crippen molar-refractivity contribution >= 4 is 16.8 Å². The Morgan fingerprint density at radius 1 is 1.40 bits per heavy atom. The number of fused-ring (bicyclic) bond motifs is 1. The minimum Gasteiger partial charge on any atom is -1.00 e. The number of anilines is 1. The fourth-order valence-corrected chi connectivity index (χ4v) is 1.54. The first kappa shape index (κ1) is 11.7. The Morgan fingerprint density at radius 2 is 2.07 bits per heavy atom. The number of nitrogens with two attached hydrogens (primary N) is 1. The van der Waals surface area contributed by atoms with Crippen molar-refractivity contribution in [1.29, 1.82) is 0 Å². The van der Waals surface area contributed by atoms with Crippen LogP contribution >= 0.6 is 0 Å². The normalized spacial score (nSPS) is 10.6. The Bertz CT molecular complexity index is 528. The van der Waals surface area contributed by atoms with E-state index in [1.165, 1.54) is 0 Å². The molecule has 2 rings (SSSR count). The van der Waals surface area contributed by atoms with Crippen LogP contribution in [0.3, 0.4) is 0 Å². The van der Waals surface area contributed by atoms with Crippen LogP contribution in [0.25, 0.3) is 11.1 Å². The van der Waals surface area contributed by atoms with Gasteiger partial charge >= 0.3 is 5.76 Å². The van der Waals surface area contributed by atoms with E-state index in [9.17, 15) is 4.79 Å². The maximum absolute atomic E-state index is 11.4. The summed E-state index contributed by atoms with van der Waals surface area (Å²) in [4.78, 5) is 11.4. The third-order valence-corrected chi connectivity index (χ3v) is 2.15. The molecule has 0 aliphatic carbocycles.